The van der Waals surface area contributed by atoms with E-state index in [2.05, 4.69) is 10.0 Å². The minimum absolute atomic E-state index is 0.000246. The van der Waals surface area contributed by atoms with Crippen LogP contribution in [0.5, 0.6) is 5.75 Å². The molecular formula is C21H18ClN3O6S. The van der Waals surface area contributed by atoms with Crippen molar-refractivity contribution >= 4 is 44.6 Å². The number of carbonyl (C=O) groups excluding carboxylic acids is 1. The Labute approximate surface area is 189 Å². The Morgan fingerprint density at radius 3 is 2.47 bits per heavy atom. The second-order valence-electron chi connectivity index (χ2n) is 6.66. The number of sulfonamides is 1. The van der Waals surface area contributed by atoms with E-state index in [9.17, 15) is 23.3 Å². The maximum absolute atomic E-state index is 12.5. The van der Waals surface area contributed by atoms with Gasteiger partial charge in [0.25, 0.3) is 21.6 Å². The second kappa shape index (κ2) is 9.67. The molecule has 0 unspecified atom stereocenters. The van der Waals surface area contributed by atoms with E-state index < -0.39 is 27.5 Å². The van der Waals surface area contributed by atoms with E-state index >= 15 is 0 Å². The molecule has 2 N–H and O–H groups in total. The van der Waals surface area contributed by atoms with Crippen molar-refractivity contribution in [3.05, 3.63) is 87.4 Å². The van der Waals surface area contributed by atoms with Gasteiger partial charge in [-0.05, 0) is 42.8 Å². The highest BCUT2D eigenvalue weighted by Gasteiger charge is 2.17. The zero-order chi connectivity index (χ0) is 23.3. The lowest BCUT2D eigenvalue weighted by Crippen LogP contribution is -2.21. The molecule has 0 fully saturated rings. The number of benzene rings is 3. The molecule has 0 saturated carbocycles. The fourth-order valence-corrected chi connectivity index (χ4v) is 4.06. The number of ether oxygens (including phenoxy) is 1. The topological polar surface area (TPSA) is 128 Å². The van der Waals surface area contributed by atoms with E-state index in [1.54, 1.807) is 37.3 Å². The molecule has 166 valence electrons. The van der Waals surface area contributed by atoms with Gasteiger partial charge in [-0.2, -0.15) is 0 Å². The maximum Gasteiger partial charge on any atom is 0.271 e. The Morgan fingerprint density at radius 1 is 1.09 bits per heavy atom. The summed E-state index contributed by atoms with van der Waals surface area (Å²) in [5.74, 6) is -0.455. The zero-order valence-corrected chi connectivity index (χ0v) is 18.3. The molecule has 3 rings (SSSR count). The van der Waals surface area contributed by atoms with Crippen LogP contribution < -0.4 is 14.8 Å². The van der Waals surface area contributed by atoms with Gasteiger partial charge in [0.15, 0.2) is 6.61 Å². The standard InChI is InChI=1S/C21H18ClN3O6S/c1-14-7-8-16(25(27)28)11-19(14)23-21(26)13-31-20-10-9-17(12-18(20)22)32(29,30)24-15-5-3-2-4-6-15/h2-12,24H,13H2,1H3,(H,23,26). The van der Waals surface area contributed by atoms with E-state index in [4.69, 9.17) is 16.3 Å². The van der Waals surface area contributed by atoms with Crippen molar-refractivity contribution < 1.29 is 22.9 Å². The first kappa shape index (κ1) is 23.0. The van der Waals surface area contributed by atoms with Gasteiger partial charge >= 0.3 is 0 Å². The zero-order valence-electron chi connectivity index (χ0n) is 16.7. The summed E-state index contributed by atoms with van der Waals surface area (Å²) in [6, 6.07) is 16.3. The highest BCUT2D eigenvalue weighted by Crippen LogP contribution is 2.28. The fraction of sp³-hybridized carbons (Fsp3) is 0.0952. The van der Waals surface area contributed by atoms with Gasteiger partial charge in [0.2, 0.25) is 0 Å². The first-order valence-electron chi connectivity index (χ1n) is 9.21. The molecule has 0 aromatic heterocycles. The van der Waals surface area contributed by atoms with Crippen LogP contribution in [0.4, 0.5) is 17.1 Å². The molecular weight excluding hydrogens is 458 g/mol. The van der Waals surface area contributed by atoms with Crippen LogP contribution in [0.2, 0.25) is 5.02 Å². The van der Waals surface area contributed by atoms with Crippen LogP contribution in [0.15, 0.2) is 71.6 Å². The largest absolute Gasteiger partial charge is 0.482 e. The Morgan fingerprint density at radius 2 is 1.81 bits per heavy atom. The number of rotatable bonds is 8. The third kappa shape index (κ3) is 5.74. The first-order chi connectivity index (χ1) is 15.2. The third-order valence-electron chi connectivity index (χ3n) is 4.30. The highest BCUT2D eigenvalue weighted by atomic mass is 35.5. The van der Waals surface area contributed by atoms with Crippen LogP contribution in [-0.2, 0) is 14.8 Å². The molecule has 0 radical (unpaired) electrons. The summed E-state index contributed by atoms with van der Waals surface area (Å²) in [6.07, 6.45) is 0. The first-order valence-corrected chi connectivity index (χ1v) is 11.1. The van der Waals surface area contributed by atoms with E-state index in [1.165, 1.54) is 36.4 Å². The van der Waals surface area contributed by atoms with E-state index in [-0.39, 0.29) is 27.0 Å². The van der Waals surface area contributed by atoms with Crippen LogP contribution in [0.25, 0.3) is 0 Å². The molecule has 32 heavy (non-hydrogen) atoms. The molecule has 0 bridgehead atoms. The summed E-state index contributed by atoms with van der Waals surface area (Å²) in [4.78, 5) is 22.5. The molecule has 3 aromatic rings. The Balaban J connectivity index is 1.66. The average molecular weight is 476 g/mol. The second-order valence-corrected chi connectivity index (χ2v) is 8.75. The Kier molecular flexibility index (Phi) is 6.96. The minimum Gasteiger partial charge on any atom is -0.482 e. The number of amides is 1. The van der Waals surface area contributed by atoms with Crippen LogP contribution in [0, 0.1) is 17.0 Å². The number of aryl methyl sites for hydroxylation is 1. The van der Waals surface area contributed by atoms with E-state index in [1.807, 2.05) is 0 Å². The number of nitro benzene ring substituents is 1. The van der Waals surface area contributed by atoms with Gasteiger partial charge in [-0.1, -0.05) is 35.9 Å². The van der Waals surface area contributed by atoms with E-state index in [0.29, 0.717) is 11.3 Å². The molecule has 0 aliphatic rings. The summed E-state index contributed by atoms with van der Waals surface area (Å²) in [6.45, 7) is 1.26. The molecule has 0 saturated heterocycles. The van der Waals surface area contributed by atoms with Crippen LogP contribution in [0.3, 0.4) is 0 Å². The SMILES string of the molecule is Cc1ccc([N+](=O)[O-])cc1NC(=O)COc1ccc(S(=O)(=O)Nc2ccccc2)cc1Cl. The average Bonchev–Trinajstić information content (AvgIpc) is 2.74. The lowest BCUT2D eigenvalue weighted by Gasteiger charge is -2.12. The van der Waals surface area contributed by atoms with Crippen molar-refractivity contribution in [1.82, 2.24) is 0 Å². The van der Waals surface area contributed by atoms with Crippen molar-refractivity contribution in [1.29, 1.82) is 0 Å². The van der Waals surface area contributed by atoms with Gasteiger partial charge in [-0.3, -0.25) is 19.6 Å². The predicted molar refractivity (Wildman–Crippen MR) is 121 cm³/mol. The molecule has 0 aliphatic carbocycles. The smallest absolute Gasteiger partial charge is 0.271 e. The molecule has 11 heteroatoms. The van der Waals surface area contributed by atoms with Crippen molar-refractivity contribution in [2.24, 2.45) is 0 Å². The number of halogens is 1. The number of hydrogen-bond acceptors (Lipinski definition) is 6. The molecule has 1 amide bonds. The highest BCUT2D eigenvalue weighted by molar-refractivity contribution is 7.92. The Bertz CT molecular complexity index is 1270. The number of nitrogens with zero attached hydrogens (tertiary/aromatic N) is 1. The van der Waals surface area contributed by atoms with Crippen LogP contribution in [0.1, 0.15) is 5.56 Å². The van der Waals surface area contributed by atoms with E-state index in [0.717, 1.165) is 0 Å². The molecule has 0 atom stereocenters. The molecule has 3 aromatic carbocycles. The molecule has 0 spiro atoms. The summed E-state index contributed by atoms with van der Waals surface area (Å²) in [5, 5.41) is 13.4. The van der Waals surface area contributed by atoms with Gasteiger partial charge in [-0.15, -0.1) is 0 Å². The van der Waals surface area contributed by atoms with Crippen molar-refractivity contribution in [2.45, 2.75) is 11.8 Å². The number of nitro groups is 1. The van der Waals surface area contributed by atoms with Crippen molar-refractivity contribution in [2.75, 3.05) is 16.6 Å². The van der Waals surface area contributed by atoms with Gasteiger partial charge < -0.3 is 10.1 Å². The van der Waals surface area contributed by atoms with Gasteiger partial charge in [0.1, 0.15) is 5.75 Å². The van der Waals surface area contributed by atoms with Crippen molar-refractivity contribution in [3.8, 4) is 5.75 Å². The number of non-ortho nitro benzene ring substituents is 1. The monoisotopic (exact) mass is 475 g/mol. The predicted octanol–water partition coefficient (Wildman–Crippen LogP) is 4.37. The fourth-order valence-electron chi connectivity index (χ4n) is 2.67. The number of hydrogen-bond donors (Lipinski definition) is 2. The number of carbonyl (C=O) groups is 1. The summed E-state index contributed by atoms with van der Waals surface area (Å²) in [5.41, 5.74) is 1.17. The van der Waals surface area contributed by atoms with Gasteiger partial charge in [-0.25, -0.2) is 8.42 Å². The summed E-state index contributed by atoms with van der Waals surface area (Å²) >= 11 is 6.14. The Hall–Kier alpha value is -3.63. The molecule has 9 nitrogen and oxygen atoms in total. The lowest BCUT2D eigenvalue weighted by atomic mass is 10.2. The number of anilines is 2. The summed E-state index contributed by atoms with van der Waals surface area (Å²) in [7, 11) is -3.86. The molecule has 0 heterocycles. The minimum atomic E-state index is -3.86. The maximum atomic E-state index is 12.5. The van der Waals surface area contributed by atoms with Gasteiger partial charge in [0.05, 0.1) is 20.5 Å². The van der Waals surface area contributed by atoms with Crippen LogP contribution >= 0.6 is 11.6 Å². The third-order valence-corrected chi connectivity index (χ3v) is 5.98. The summed E-state index contributed by atoms with van der Waals surface area (Å²) < 4.78 is 32.9. The normalized spacial score (nSPS) is 10.9. The van der Waals surface area contributed by atoms with Crippen LogP contribution in [-0.4, -0.2) is 25.9 Å². The number of para-hydroxylation sites is 1. The van der Waals surface area contributed by atoms with Crippen molar-refractivity contribution in [3.63, 3.8) is 0 Å². The number of nitrogens with one attached hydrogen (secondary N) is 2. The molecule has 0 aliphatic heterocycles. The quantitative estimate of drug-likeness (QED) is 0.367. The lowest BCUT2D eigenvalue weighted by molar-refractivity contribution is -0.384. The van der Waals surface area contributed by atoms with Gasteiger partial charge in [0, 0.05) is 17.8 Å².